The molecule has 110 valence electrons. The van der Waals surface area contributed by atoms with E-state index < -0.39 is 0 Å². The fourth-order valence-electron chi connectivity index (χ4n) is 2.08. The minimum atomic E-state index is -0.176. The van der Waals surface area contributed by atoms with Gasteiger partial charge in [-0.1, -0.05) is 29.8 Å². The minimum Gasteiger partial charge on any atom is -0.360 e. The Kier molecular flexibility index (Phi) is 4.16. The highest BCUT2D eigenvalue weighted by atomic mass is 35.5. The van der Waals surface area contributed by atoms with Crippen molar-refractivity contribution in [1.82, 2.24) is 9.97 Å². The molecule has 6 heteroatoms. The largest absolute Gasteiger partial charge is 0.360 e. The molecule has 1 heterocycles. The summed E-state index contributed by atoms with van der Waals surface area (Å²) in [7, 11) is 0. The molecule has 0 aliphatic carbocycles. The Hall–Kier alpha value is -2.66. The fraction of sp³-hybridized carbons (Fsp3) is 0.0625. The van der Waals surface area contributed by atoms with Crippen molar-refractivity contribution in [1.29, 1.82) is 0 Å². The first-order valence-electron chi connectivity index (χ1n) is 6.71. The summed E-state index contributed by atoms with van der Waals surface area (Å²) in [6, 6.07) is 14.6. The monoisotopic (exact) mass is 312 g/mol. The summed E-state index contributed by atoms with van der Waals surface area (Å²) in [4.78, 5) is 20.3. The van der Waals surface area contributed by atoms with Gasteiger partial charge in [0.1, 0.15) is 12.1 Å². The van der Waals surface area contributed by atoms with Crippen LogP contribution < -0.4 is 10.6 Å². The highest BCUT2D eigenvalue weighted by molar-refractivity contribution is 6.30. The summed E-state index contributed by atoms with van der Waals surface area (Å²) in [5.41, 5.74) is 1.49. The van der Waals surface area contributed by atoms with Crippen LogP contribution in [0.4, 0.5) is 11.5 Å². The second-order valence-electron chi connectivity index (χ2n) is 4.65. The Morgan fingerprint density at radius 3 is 2.82 bits per heavy atom. The Bertz CT molecular complexity index is 817. The predicted molar refractivity (Wildman–Crippen MR) is 88.1 cm³/mol. The number of para-hydroxylation sites is 1. The lowest BCUT2D eigenvalue weighted by Crippen LogP contribution is -2.22. The number of rotatable bonds is 4. The Labute approximate surface area is 132 Å². The molecular weight excluding hydrogens is 300 g/mol. The van der Waals surface area contributed by atoms with Gasteiger partial charge in [-0.3, -0.25) is 4.79 Å². The number of carbonyl (C=O) groups excluding carboxylic acids is 1. The summed E-state index contributed by atoms with van der Waals surface area (Å²) in [6.07, 6.45) is 1.47. The van der Waals surface area contributed by atoms with E-state index in [1.165, 1.54) is 6.33 Å². The van der Waals surface area contributed by atoms with Gasteiger partial charge in [-0.15, -0.1) is 0 Å². The maximum atomic E-state index is 12.0. The van der Waals surface area contributed by atoms with E-state index in [0.717, 1.165) is 10.9 Å². The second kappa shape index (κ2) is 6.41. The number of nitrogens with one attached hydrogen (secondary N) is 2. The van der Waals surface area contributed by atoms with E-state index >= 15 is 0 Å². The molecular formula is C16H13ClN4O. The van der Waals surface area contributed by atoms with E-state index in [-0.39, 0.29) is 12.5 Å². The number of fused-ring (bicyclic) bond motifs is 1. The summed E-state index contributed by atoms with van der Waals surface area (Å²) < 4.78 is 0. The van der Waals surface area contributed by atoms with E-state index in [9.17, 15) is 4.79 Å². The molecule has 5 nitrogen and oxygen atoms in total. The number of aromatic nitrogens is 2. The van der Waals surface area contributed by atoms with E-state index in [2.05, 4.69) is 20.6 Å². The molecule has 1 aromatic heterocycles. The SMILES string of the molecule is O=C(CNc1ncnc2ccccc12)Nc1cccc(Cl)c1. The van der Waals surface area contributed by atoms with Crippen molar-refractivity contribution in [2.24, 2.45) is 0 Å². The van der Waals surface area contributed by atoms with Crippen molar-refractivity contribution >= 4 is 39.9 Å². The van der Waals surface area contributed by atoms with E-state index in [1.807, 2.05) is 24.3 Å². The summed E-state index contributed by atoms with van der Waals surface area (Å²) >= 11 is 5.88. The number of hydrogen-bond donors (Lipinski definition) is 2. The summed E-state index contributed by atoms with van der Waals surface area (Å²) in [5.74, 6) is 0.455. The molecule has 0 radical (unpaired) electrons. The van der Waals surface area contributed by atoms with Crippen molar-refractivity contribution in [3.63, 3.8) is 0 Å². The third kappa shape index (κ3) is 3.32. The first-order valence-corrected chi connectivity index (χ1v) is 7.09. The molecule has 0 bridgehead atoms. The molecule has 22 heavy (non-hydrogen) atoms. The molecule has 0 aliphatic heterocycles. The van der Waals surface area contributed by atoms with Crippen LogP contribution in [-0.4, -0.2) is 22.4 Å². The Morgan fingerprint density at radius 1 is 1.09 bits per heavy atom. The number of anilines is 2. The minimum absolute atomic E-state index is 0.105. The van der Waals surface area contributed by atoms with Gasteiger partial charge in [0, 0.05) is 16.1 Å². The number of benzene rings is 2. The van der Waals surface area contributed by atoms with Crippen molar-refractivity contribution in [2.75, 3.05) is 17.2 Å². The Morgan fingerprint density at radius 2 is 1.95 bits per heavy atom. The lowest BCUT2D eigenvalue weighted by Gasteiger charge is -2.09. The molecule has 1 amide bonds. The third-order valence-electron chi connectivity index (χ3n) is 3.07. The highest BCUT2D eigenvalue weighted by Gasteiger charge is 2.06. The Balaban J connectivity index is 1.68. The molecule has 0 atom stereocenters. The van der Waals surface area contributed by atoms with Crippen LogP contribution in [0.15, 0.2) is 54.9 Å². The van der Waals surface area contributed by atoms with E-state index in [0.29, 0.717) is 16.5 Å². The van der Waals surface area contributed by atoms with Gasteiger partial charge >= 0.3 is 0 Å². The average Bonchev–Trinajstić information content (AvgIpc) is 2.53. The van der Waals surface area contributed by atoms with Crippen LogP contribution in [0.2, 0.25) is 5.02 Å². The molecule has 0 saturated carbocycles. The zero-order chi connectivity index (χ0) is 15.4. The van der Waals surface area contributed by atoms with Crippen LogP contribution in [0.5, 0.6) is 0 Å². The summed E-state index contributed by atoms with van der Waals surface area (Å²) in [6.45, 7) is 0.105. The standard InChI is InChI=1S/C16H13ClN4O/c17-11-4-3-5-12(8-11)21-15(22)9-18-16-13-6-1-2-7-14(13)19-10-20-16/h1-8,10H,9H2,(H,21,22)(H,18,19,20). The van der Waals surface area contributed by atoms with Gasteiger partial charge in [0.25, 0.3) is 0 Å². The van der Waals surface area contributed by atoms with Gasteiger partial charge in [-0.2, -0.15) is 0 Å². The van der Waals surface area contributed by atoms with E-state index in [4.69, 9.17) is 11.6 Å². The molecule has 2 aromatic carbocycles. The van der Waals surface area contributed by atoms with Crippen LogP contribution >= 0.6 is 11.6 Å². The van der Waals surface area contributed by atoms with Gasteiger partial charge in [0.15, 0.2) is 0 Å². The van der Waals surface area contributed by atoms with Crippen LogP contribution in [0, 0.1) is 0 Å². The first kappa shape index (κ1) is 14.3. The van der Waals surface area contributed by atoms with Crippen LogP contribution in [0.3, 0.4) is 0 Å². The van der Waals surface area contributed by atoms with Crippen molar-refractivity contribution in [3.05, 3.63) is 59.9 Å². The summed E-state index contributed by atoms with van der Waals surface area (Å²) in [5, 5.41) is 7.25. The molecule has 0 unspecified atom stereocenters. The molecule has 0 spiro atoms. The number of halogens is 1. The second-order valence-corrected chi connectivity index (χ2v) is 5.09. The maximum absolute atomic E-state index is 12.0. The fourth-order valence-corrected chi connectivity index (χ4v) is 2.27. The van der Waals surface area contributed by atoms with Gasteiger partial charge in [0.2, 0.25) is 5.91 Å². The molecule has 3 aromatic rings. The number of nitrogens with zero attached hydrogens (tertiary/aromatic N) is 2. The van der Waals surface area contributed by atoms with E-state index in [1.54, 1.807) is 24.3 Å². The lowest BCUT2D eigenvalue weighted by atomic mass is 10.2. The molecule has 0 fully saturated rings. The molecule has 2 N–H and O–H groups in total. The van der Waals surface area contributed by atoms with Gasteiger partial charge in [0.05, 0.1) is 12.1 Å². The van der Waals surface area contributed by atoms with Crippen LogP contribution in [-0.2, 0) is 4.79 Å². The van der Waals surface area contributed by atoms with Gasteiger partial charge in [-0.25, -0.2) is 9.97 Å². The maximum Gasteiger partial charge on any atom is 0.243 e. The first-order chi connectivity index (χ1) is 10.7. The van der Waals surface area contributed by atoms with Crippen molar-refractivity contribution in [2.45, 2.75) is 0 Å². The van der Waals surface area contributed by atoms with Crippen LogP contribution in [0.1, 0.15) is 0 Å². The van der Waals surface area contributed by atoms with Gasteiger partial charge < -0.3 is 10.6 Å². The topological polar surface area (TPSA) is 66.9 Å². The third-order valence-corrected chi connectivity index (χ3v) is 3.30. The normalized spacial score (nSPS) is 10.4. The quantitative estimate of drug-likeness (QED) is 0.775. The van der Waals surface area contributed by atoms with Crippen LogP contribution in [0.25, 0.3) is 10.9 Å². The number of hydrogen-bond acceptors (Lipinski definition) is 4. The predicted octanol–water partition coefficient (Wildman–Crippen LogP) is 3.33. The zero-order valence-electron chi connectivity index (χ0n) is 11.6. The van der Waals surface area contributed by atoms with Gasteiger partial charge in [-0.05, 0) is 30.3 Å². The molecule has 3 rings (SSSR count). The van der Waals surface area contributed by atoms with Crippen molar-refractivity contribution < 1.29 is 4.79 Å². The molecule has 0 aliphatic rings. The molecule has 0 saturated heterocycles. The average molecular weight is 313 g/mol. The lowest BCUT2D eigenvalue weighted by molar-refractivity contribution is -0.114. The number of carbonyl (C=O) groups is 1. The smallest absolute Gasteiger partial charge is 0.243 e. The highest BCUT2D eigenvalue weighted by Crippen LogP contribution is 2.18. The zero-order valence-corrected chi connectivity index (χ0v) is 12.3. The number of amides is 1. The van der Waals surface area contributed by atoms with Crippen molar-refractivity contribution in [3.8, 4) is 0 Å².